The SMILES string of the molecule is COC(=N)N(C(=O)NC(C)C)C(=O)NC1CCCCC1Cl. The average Bonchev–Trinajstić information content (AvgIpc) is 2.40. The van der Waals surface area contributed by atoms with E-state index in [0.717, 1.165) is 25.7 Å². The van der Waals surface area contributed by atoms with Crippen molar-refractivity contribution in [1.29, 1.82) is 5.41 Å². The van der Waals surface area contributed by atoms with Gasteiger partial charge in [-0.3, -0.25) is 5.41 Å². The number of nitrogens with zero attached hydrogens (tertiary/aromatic N) is 1. The number of rotatable bonds is 2. The number of imide groups is 1. The molecule has 1 fully saturated rings. The molecule has 0 aromatic carbocycles. The standard InChI is InChI=1S/C13H23ClN4O3/c1-8(2)16-12(19)18(11(15)21-3)13(20)17-10-7-5-4-6-9(10)14/h8-10,15H,4-7H2,1-3H3,(H,16,19)(H,17,20). The summed E-state index contributed by atoms with van der Waals surface area (Å²) in [7, 11) is 1.23. The molecule has 0 saturated heterocycles. The van der Waals surface area contributed by atoms with Crippen molar-refractivity contribution < 1.29 is 14.3 Å². The van der Waals surface area contributed by atoms with Gasteiger partial charge in [0.2, 0.25) is 0 Å². The number of ether oxygens (including phenoxy) is 1. The second-order valence-corrected chi connectivity index (χ2v) is 5.87. The third kappa shape index (κ3) is 5.08. The summed E-state index contributed by atoms with van der Waals surface area (Å²) in [6.07, 6.45) is 3.60. The first-order valence-electron chi connectivity index (χ1n) is 7.04. The number of amides is 4. The molecule has 21 heavy (non-hydrogen) atoms. The summed E-state index contributed by atoms with van der Waals surface area (Å²) < 4.78 is 4.71. The van der Waals surface area contributed by atoms with Gasteiger partial charge in [-0.25, -0.2) is 9.59 Å². The number of amidine groups is 1. The molecular formula is C13H23ClN4O3. The summed E-state index contributed by atoms with van der Waals surface area (Å²) in [6.45, 7) is 3.53. The summed E-state index contributed by atoms with van der Waals surface area (Å²) >= 11 is 6.19. The zero-order valence-corrected chi connectivity index (χ0v) is 13.4. The molecule has 120 valence electrons. The van der Waals surface area contributed by atoms with E-state index in [1.165, 1.54) is 7.11 Å². The van der Waals surface area contributed by atoms with Crippen molar-refractivity contribution in [2.75, 3.05) is 7.11 Å². The average molecular weight is 319 g/mol. The highest BCUT2D eigenvalue weighted by molar-refractivity contribution is 6.21. The molecule has 2 unspecified atom stereocenters. The fourth-order valence-corrected chi connectivity index (χ4v) is 2.49. The summed E-state index contributed by atoms with van der Waals surface area (Å²) in [5.41, 5.74) is 0. The maximum absolute atomic E-state index is 12.3. The van der Waals surface area contributed by atoms with Crippen molar-refractivity contribution in [2.24, 2.45) is 0 Å². The molecule has 2 atom stereocenters. The molecule has 0 aromatic heterocycles. The van der Waals surface area contributed by atoms with Gasteiger partial charge in [0.15, 0.2) is 0 Å². The van der Waals surface area contributed by atoms with Crippen LogP contribution in [0.2, 0.25) is 0 Å². The van der Waals surface area contributed by atoms with Crippen LogP contribution in [0.1, 0.15) is 39.5 Å². The topological polar surface area (TPSA) is 94.5 Å². The predicted octanol–water partition coefficient (Wildman–Crippen LogP) is 2.25. The molecule has 8 heteroatoms. The first-order valence-corrected chi connectivity index (χ1v) is 7.48. The number of carbonyl (C=O) groups is 2. The van der Waals surface area contributed by atoms with Crippen molar-refractivity contribution in [3.8, 4) is 0 Å². The van der Waals surface area contributed by atoms with Crippen LogP contribution in [-0.2, 0) is 4.74 Å². The molecule has 0 radical (unpaired) electrons. The van der Waals surface area contributed by atoms with Crippen LogP contribution in [-0.4, -0.2) is 47.6 Å². The monoisotopic (exact) mass is 318 g/mol. The van der Waals surface area contributed by atoms with E-state index in [4.69, 9.17) is 21.7 Å². The lowest BCUT2D eigenvalue weighted by atomic mass is 9.95. The van der Waals surface area contributed by atoms with Crippen LogP contribution in [0.3, 0.4) is 0 Å². The van der Waals surface area contributed by atoms with E-state index in [1.54, 1.807) is 13.8 Å². The van der Waals surface area contributed by atoms with Gasteiger partial charge in [0.25, 0.3) is 0 Å². The molecule has 1 aliphatic rings. The highest BCUT2D eigenvalue weighted by Crippen LogP contribution is 2.23. The van der Waals surface area contributed by atoms with E-state index in [0.29, 0.717) is 4.90 Å². The van der Waals surface area contributed by atoms with Crippen LogP contribution in [0.4, 0.5) is 9.59 Å². The van der Waals surface area contributed by atoms with Crippen LogP contribution in [0.25, 0.3) is 0 Å². The Morgan fingerprint density at radius 1 is 1.29 bits per heavy atom. The number of urea groups is 2. The highest BCUT2D eigenvalue weighted by Gasteiger charge is 2.32. The van der Waals surface area contributed by atoms with E-state index < -0.39 is 18.1 Å². The summed E-state index contributed by atoms with van der Waals surface area (Å²) in [5, 5.41) is 12.7. The Morgan fingerprint density at radius 3 is 2.43 bits per heavy atom. The van der Waals surface area contributed by atoms with E-state index in [2.05, 4.69) is 10.6 Å². The Hall–Kier alpha value is -1.50. The number of halogens is 1. The van der Waals surface area contributed by atoms with Gasteiger partial charge in [0, 0.05) is 12.1 Å². The molecule has 0 aromatic rings. The first-order chi connectivity index (χ1) is 9.86. The minimum absolute atomic E-state index is 0.158. The Balaban J connectivity index is 2.75. The van der Waals surface area contributed by atoms with E-state index in [-0.39, 0.29) is 17.5 Å². The van der Waals surface area contributed by atoms with Crippen LogP contribution in [0.5, 0.6) is 0 Å². The van der Waals surface area contributed by atoms with Gasteiger partial charge in [0.1, 0.15) is 0 Å². The maximum atomic E-state index is 12.3. The normalized spacial score (nSPS) is 21.6. The Labute approximate surface area is 129 Å². The second kappa shape index (κ2) is 8.07. The lowest BCUT2D eigenvalue weighted by Crippen LogP contribution is -2.56. The fourth-order valence-electron chi connectivity index (χ4n) is 2.15. The fraction of sp³-hybridized carbons (Fsp3) is 0.769. The van der Waals surface area contributed by atoms with E-state index in [9.17, 15) is 9.59 Å². The molecular weight excluding hydrogens is 296 g/mol. The Bertz CT molecular complexity index is 403. The number of hydrogen-bond acceptors (Lipinski definition) is 4. The van der Waals surface area contributed by atoms with Crippen molar-refractivity contribution in [2.45, 2.75) is 57.0 Å². The Morgan fingerprint density at radius 2 is 1.90 bits per heavy atom. The van der Waals surface area contributed by atoms with Crippen molar-refractivity contribution >= 4 is 29.7 Å². The molecule has 0 heterocycles. The number of alkyl halides is 1. The molecule has 4 amide bonds. The Kier molecular flexibility index (Phi) is 6.74. The van der Waals surface area contributed by atoms with Gasteiger partial charge in [-0.2, -0.15) is 4.90 Å². The number of hydrogen-bond donors (Lipinski definition) is 3. The van der Waals surface area contributed by atoms with Gasteiger partial charge in [-0.1, -0.05) is 12.8 Å². The van der Waals surface area contributed by atoms with Crippen molar-refractivity contribution in [3.63, 3.8) is 0 Å². The zero-order valence-electron chi connectivity index (χ0n) is 12.6. The maximum Gasteiger partial charge on any atom is 0.334 e. The zero-order chi connectivity index (χ0) is 16.0. The van der Waals surface area contributed by atoms with E-state index >= 15 is 0 Å². The molecule has 1 rings (SSSR count). The number of carbonyl (C=O) groups excluding carboxylic acids is 2. The number of methoxy groups -OCH3 is 1. The lowest BCUT2D eigenvalue weighted by molar-refractivity contribution is 0.188. The van der Waals surface area contributed by atoms with Gasteiger partial charge in [-0.15, -0.1) is 11.6 Å². The molecule has 0 aliphatic heterocycles. The van der Waals surface area contributed by atoms with Gasteiger partial charge >= 0.3 is 18.1 Å². The highest BCUT2D eigenvalue weighted by atomic mass is 35.5. The summed E-state index contributed by atoms with van der Waals surface area (Å²) in [6, 6.07) is -2.29. The number of nitrogens with one attached hydrogen (secondary N) is 3. The molecule has 7 nitrogen and oxygen atoms in total. The van der Waals surface area contributed by atoms with Crippen molar-refractivity contribution in [1.82, 2.24) is 15.5 Å². The first kappa shape index (κ1) is 17.6. The molecule has 0 bridgehead atoms. The third-order valence-electron chi connectivity index (χ3n) is 3.21. The van der Waals surface area contributed by atoms with Gasteiger partial charge in [0.05, 0.1) is 12.5 Å². The largest absolute Gasteiger partial charge is 0.468 e. The van der Waals surface area contributed by atoms with Crippen LogP contribution in [0.15, 0.2) is 0 Å². The molecule has 1 aliphatic carbocycles. The quantitative estimate of drug-likeness (QED) is 0.414. The van der Waals surface area contributed by atoms with Crippen LogP contribution in [0, 0.1) is 5.41 Å². The van der Waals surface area contributed by atoms with Crippen LogP contribution < -0.4 is 10.6 Å². The summed E-state index contributed by atoms with van der Waals surface area (Å²) in [5.74, 6) is 0. The van der Waals surface area contributed by atoms with Crippen molar-refractivity contribution in [3.05, 3.63) is 0 Å². The molecule has 0 spiro atoms. The minimum Gasteiger partial charge on any atom is -0.468 e. The minimum atomic E-state index is -0.698. The second-order valence-electron chi connectivity index (χ2n) is 5.31. The predicted molar refractivity (Wildman–Crippen MR) is 80.7 cm³/mol. The molecule has 1 saturated carbocycles. The molecule has 3 N–H and O–H groups in total. The summed E-state index contributed by atoms with van der Waals surface area (Å²) in [4.78, 5) is 24.9. The van der Waals surface area contributed by atoms with Gasteiger partial charge in [-0.05, 0) is 26.7 Å². The smallest absolute Gasteiger partial charge is 0.334 e. The van der Waals surface area contributed by atoms with E-state index in [1.807, 2.05) is 0 Å². The third-order valence-corrected chi connectivity index (χ3v) is 3.73. The van der Waals surface area contributed by atoms with Crippen LogP contribution >= 0.6 is 11.6 Å². The lowest BCUT2D eigenvalue weighted by Gasteiger charge is -2.30. The van der Waals surface area contributed by atoms with Gasteiger partial charge < -0.3 is 15.4 Å².